The third-order valence-electron chi connectivity index (χ3n) is 2.23. The first-order chi connectivity index (χ1) is 7.67. The number of nitrogens with zero attached hydrogens (tertiary/aromatic N) is 2. The summed E-state index contributed by atoms with van der Waals surface area (Å²) < 4.78 is 20.3. The van der Waals surface area contributed by atoms with Crippen molar-refractivity contribution in [1.29, 1.82) is 0 Å². The predicted octanol–water partition coefficient (Wildman–Crippen LogP) is 1.29. The summed E-state index contributed by atoms with van der Waals surface area (Å²) in [5.41, 5.74) is 0.506. The molecule has 1 amide bonds. The Hall–Kier alpha value is -2.11. The van der Waals surface area contributed by atoms with E-state index < -0.39 is 5.82 Å². The number of benzene rings is 1. The van der Waals surface area contributed by atoms with E-state index in [1.54, 1.807) is 19.3 Å². The van der Waals surface area contributed by atoms with E-state index >= 15 is 0 Å². The smallest absolute Gasteiger partial charge is 0.211 e. The minimum Gasteiger partial charge on any atom is -0.491 e. The highest BCUT2D eigenvalue weighted by atomic mass is 19.1. The average molecular weight is 223 g/mol. The highest BCUT2D eigenvalue weighted by Crippen LogP contribution is 2.33. The normalized spacial score (nSPS) is 10.4. The topological polar surface area (TPSA) is 56.1 Å². The van der Waals surface area contributed by atoms with E-state index in [0.717, 1.165) is 0 Å². The molecule has 1 aromatic carbocycles. The molecule has 0 aliphatic rings. The number of hydrogen-bond acceptors (Lipinski definition) is 3. The van der Waals surface area contributed by atoms with Gasteiger partial charge in [0.1, 0.15) is 5.52 Å². The molecule has 0 aliphatic heterocycles. The zero-order valence-corrected chi connectivity index (χ0v) is 8.82. The summed E-state index contributed by atoms with van der Waals surface area (Å²) in [6.45, 7) is 0. The number of rotatable bonds is 3. The number of aryl methyl sites for hydroxylation is 1. The summed E-state index contributed by atoms with van der Waals surface area (Å²) >= 11 is 0. The van der Waals surface area contributed by atoms with Crippen molar-refractivity contribution in [3.8, 4) is 5.75 Å². The van der Waals surface area contributed by atoms with Gasteiger partial charge in [-0.2, -0.15) is 5.10 Å². The van der Waals surface area contributed by atoms with Crippen LogP contribution in [0.1, 0.15) is 0 Å². The zero-order chi connectivity index (χ0) is 11.7. The van der Waals surface area contributed by atoms with E-state index in [-0.39, 0.29) is 17.0 Å². The van der Waals surface area contributed by atoms with E-state index in [9.17, 15) is 9.18 Å². The van der Waals surface area contributed by atoms with Crippen molar-refractivity contribution in [3.63, 3.8) is 0 Å². The molecule has 0 radical (unpaired) electrons. The average Bonchev–Trinajstić information content (AvgIpc) is 2.60. The summed E-state index contributed by atoms with van der Waals surface area (Å²) in [5, 5.41) is 6.96. The fraction of sp³-hybridized carbons (Fsp3) is 0.200. The van der Waals surface area contributed by atoms with Crippen LogP contribution in [-0.4, -0.2) is 23.3 Å². The Kier molecular flexibility index (Phi) is 2.47. The lowest BCUT2D eigenvalue weighted by Crippen LogP contribution is -2.00. The minimum absolute atomic E-state index is 0.0155. The van der Waals surface area contributed by atoms with E-state index in [4.69, 9.17) is 4.74 Å². The maximum absolute atomic E-state index is 13.9. The first kappa shape index (κ1) is 10.4. The molecule has 1 aromatic heterocycles. The Morgan fingerprint density at radius 2 is 2.38 bits per heavy atom. The fourth-order valence-corrected chi connectivity index (χ4v) is 1.60. The SMILES string of the molecule is COc1c(NC=O)cc2cn(C)nc2c1F. The summed E-state index contributed by atoms with van der Waals surface area (Å²) in [6.07, 6.45) is 2.13. The molecule has 0 fully saturated rings. The van der Waals surface area contributed by atoms with Gasteiger partial charge in [0, 0.05) is 18.6 Å². The molecular weight excluding hydrogens is 213 g/mol. The van der Waals surface area contributed by atoms with E-state index in [1.165, 1.54) is 11.8 Å². The van der Waals surface area contributed by atoms with Gasteiger partial charge in [0.2, 0.25) is 6.41 Å². The van der Waals surface area contributed by atoms with Crippen LogP contribution in [-0.2, 0) is 11.8 Å². The van der Waals surface area contributed by atoms with Gasteiger partial charge in [-0.25, -0.2) is 4.39 Å². The zero-order valence-electron chi connectivity index (χ0n) is 8.82. The van der Waals surface area contributed by atoms with Crippen LogP contribution >= 0.6 is 0 Å². The summed E-state index contributed by atoms with van der Waals surface area (Å²) in [6, 6.07) is 1.61. The molecule has 0 unspecified atom stereocenters. The molecule has 5 nitrogen and oxygen atoms in total. The molecule has 84 valence electrons. The number of carbonyl (C=O) groups is 1. The maximum atomic E-state index is 13.9. The monoisotopic (exact) mass is 223 g/mol. The van der Waals surface area contributed by atoms with Crippen LogP contribution in [0.4, 0.5) is 10.1 Å². The maximum Gasteiger partial charge on any atom is 0.211 e. The largest absolute Gasteiger partial charge is 0.491 e. The van der Waals surface area contributed by atoms with Crippen molar-refractivity contribution in [2.75, 3.05) is 12.4 Å². The molecule has 0 atom stereocenters. The van der Waals surface area contributed by atoms with Gasteiger partial charge < -0.3 is 10.1 Å². The van der Waals surface area contributed by atoms with Crippen LogP contribution in [0.3, 0.4) is 0 Å². The lowest BCUT2D eigenvalue weighted by Gasteiger charge is -2.08. The second kappa shape index (κ2) is 3.80. The van der Waals surface area contributed by atoms with Gasteiger partial charge in [-0.05, 0) is 6.07 Å². The molecule has 0 spiro atoms. The number of ether oxygens (including phenoxy) is 1. The van der Waals surface area contributed by atoms with Crippen LogP contribution in [0.15, 0.2) is 12.3 Å². The number of aromatic nitrogens is 2. The van der Waals surface area contributed by atoms with Crippen LogP contribution in [0.25, 0.3) is 10.9 Å². The number of carbonyl (C=O) groups excluding carboxylic acids is 1. The Labute approximate surface area is 90.8 Å². The first-order valence-corrected chi connectivity index (χ1v) is 4.57. The molecular formula is C10H10FN3O2. The lowest BCUT2D eigenvalue weighted by atomic mass is 10.2. The molecule has 16 heavy (non-hydrogen) atoms. The molecule has 0 saturated carbocycles. The molecule has 0 saturated heterocycles. The van der Waals surface area contributed by atoms with Crippen LogP contribution in [0.2, 0.25) is 0 Å². The quantitative estimate of drug-likeness (QED) is 0.797. The van der Waals surface area contributed by atoms with Gasteiger partial charge in [-0.15, -0.1) is 0 Å². The Bertz CT molecular complexity index is 550. The molecule has 1 heterocycles. The fourth-order valence-electron chi connectivity index (χ4n) is 1.60. The van der Waals surface area contributed by atoms with Gasteiger partial charge in [0.15, 0.2) is 11.6 Å². The third-order valence-corrected chi connectivity index (χ3v) is 2.23. The Balaban J connectivity index is 2.74. The van der Waals surface area contributed by atoms with Crippen LogP contribution in [0.5, 0.6) is 5.75 Å². The van der Waals surface area contributed by atoms with E-state index in [1.807, 2.05) is 0 Å². The molecule has 6 heteroatoms. The van der Waals surface area contributed by atoms with Crippen LogP contribution in [0, 0.1) is 5.82 Å². The highest BCUT2D eigenvalue weighted by Gasteiger charge is 2.16. The molecule has 0 bridgehead atoms. The van der Waals surface area contributed by atoms with Gasteiger partial charge in [-0.1, -0.05) is 0 Å². The number of nitrogens with one attached hydrogen (secondary N) is 1. The van der Waals surface area contributed by atoms with Gasteiger partial charge in [0.25, 0.3) is 0 Å². The standard InChI is InChI=1S/C10H10FN3O2/c1-14-4-6-3-7(12-5-15)10(16-2)8(11)9(6)13-14/h3-5H,1-2H3,(H,12,15). The summed E-state index contributed by atoms with van der Waals surface area (Å²) in [5.74, 6) is -0.594. The van der Waals surface area contributed by atoms with Crippen molar-refractivity contribution in [1.82, 2.24) is 9.78 Å². The highest BCUT2D eigenvalue weighted by molar-refractivity contribution is 5.89. The second-order valence-corrected chi connectivity index (χ2v) is 3.27. The number of hydrogen-bond donors (Lipinski definition) is 1. The van der Waals surface area contributed by atoms with Crippen molar-refractivity contribution < 1.29 is 13.9 Å². The Morgan fingerprint density at radius 1 is 1.62 bits per heavy atom. The van der Waals surface area contributed by atoms with Gasteiger partial charge >= 0.3 is 0 Å². The first-order valence-electron chi connectivity index (χ1n) is 4.57. The minimum atomic E-state index is -0.579. The van der Waals surface area contributed by atoms with E-state index in [2.05, 4.69) is 10.4 Å². The second-order valence-electron chi connectivity index (χ2n) is 3.27. The lowest BCUT2D eigenvalue weighted by molar-refractivity contribution is -0.105. The number of anilines is 1. The number of methoxy groups -OCH3 is 1. The predicted molar refractivity (Wildman–Crippen MR) is 56.9 cm³/mol. The Morgan fingerprint density at radius 3 is 3.00 bits per heavy atom. The summed E-state index contributed by atoms with van der Waals surface area (Å²) in [4.78, 5) is 10.4. The molecule has 2 rings (SSSR count). The molecule has 0 aliphatic carbocycles. The van der Waals surface area contributed by atoms with Crippen LogP contribution < -0.4 is 10.1 Å². The molecule has 1 N–H and O–H groups in total. The number of halogens is 1. The summed E-state index contributed by atoms with van der Waals surface area (Å²) in [7, 11) is 3.03. The number of amides is 1. The van der Waals surface area contributed by atoms with Gasteiger partial charge in [0.05, 0.1) is 12.8 Å². The third kappa shape index (κ3) is 1.48. The number of fused-ring (bicyclic) bond motifs is 1. The van der Waals surface area contributed by atoms with Crippen molar-refractivity contribution in [2.45, 2.75) is 0 Å². The van der Waals surface area contributed by atoms with E-state index in [0.29, 0.717) is 11.8 Å². The van der Waals surface area contributed by atoms with Crippen molar-refractivity contribution >= 4 is 23.0 Å². The molecule has 2 aromatic rings. The van der Waals surface area contributed by atoms with Crippen molar-refractivity contribution in [3.05, 3.63) is 18.1 Å². The van der Waals surface area contributed by atoms with Crippen molar-refractivity contribution in [2.24, 2.45) is 7.05 Å². The van der Waals surface area contributed by atoms with Gasteiger partial charge in [-0.3, -0.25) is 9.48 Å².